The molecule has 2 aliphatic rings. The van der Waals surface area contributed by atoms with Crippen LogP contribution in [-0.2, 0) is 15.9 Å². The second-order valence-electron chi connectivity index (χ2n) is 9.21. The van der Waals surface area contributed by atoms with Gasteiger partial charge in [-0.1, -0.05) is 0 Å². The zero-order chi connectivity index (χ0) is 20.2. The first-order valence-electron chi connectivity index (χ1n) is 10.1. The van der Waals surface area contributed by atoms with Crippen molar-refractivity contribution >= 4 is 20.7 Å². The van der Waals surface area contributed by atoms with Gasteiger partial charge in [-0.2, -0.15) is 0 Å². The molecule has 0 aromatic heterocycles. The van der Waals surface area contributed by atoms with E-state index < -0.39 is 15.9 Å². The minimum atomic E-state index is -4.73. The van der Waals surface area contributed by atoms with Crippen LogP contribution in [0.2, 0.25) is 3.12 Å². The van der Waals surface area contributed by atoms with Crippen LogP contribution >= 0.6 is 17.0 Å². The van der Waals surface area contributed by atoms with Crippen LogP contribution < -0.4 is 0 Å². The quantitative estimate of drug-likeness (QED) is 0.406. The van der Waals surface area contributed by atoms with Gasteiger partial charge in [0, 0.05) is 0 Å². The molecule has 0 unspecified atom stereocenters. The predicted molar refractivity (Wildman–Crippen MR) is 122 cm³/mol. The molecule has 0 aliphatic heterocycles. The normalized spacial score (nSPS) is 18.2. The van der Waals surface area contributed by atoms with Crippen molar-refractivity contribution < 1.29 is 15.9 Å². The van der Waals surface area contributed by atoms with Gasteiger partial charge < -0.3 is 0 Å². The van der Waals surface area contributed by atoms with Crippen LogP contribution in [0, 0.1) is 5.41 Å². The molecule has 28 heavy (non-hydrogen) atoms. The first kappa shape index (κ1) is 20.5. The van der Waals surface area contributed by atoms with Crippen molar-refractivity contribution in [2.24, 2.45) is 5.41 Å². The molecule has 2 aliphatic carbocycles. The van der Waals surface area contributed by atoms with E-state index in [1.165, 1.54) is 22.3 Å². The first-order valence-corrected chi connectivity index (χ1v) is 20.5. The molecule has 0 nitrogen and oxygen atoms in total. The molecule has 0 fully saturated rings. The molecular formula is C25H28Cl2Zr. The monoisotopic (exact) mass is 488 g/mol. The van der Waals surface area contributed by atoms with E-state index in [4.69, 9.17) is 17.0 Å². The van der Waals surface area contributed by atoms with Gasteiger partial charge in [0.25, 0.3) is 0 Å². The molecule has 0 N–H and O–H groups in total. The van der Waals surface area contributed by atoms with Gasteiger partial charge in [0.2, 0.25) is 0 Å². The SMILES string of the molecule is CC[CH]=[Zr]([Cl])([Cl])([CH]1c2ccccc2-c2ccccc21)[C]1(C(C)(C)C)C=CC=C1. The summed E-state index contributed by atoms with van der Waals surface area (Å²) in [6.07, 6.45) is 9.75. The molecule has 0 spiro atoms. The van der Waals surface area contributed by atoms with Gasteiger partial charge in [-0.15, -0.1) is 0 Å². The van der Waals surface area contributed by atoms with E-state index in [2.05, 4.69) is 104 Å². The third kappa shape index (κ3) is 2.55. The van der Waals surface area contributed by atoms with Crippen LogP contribution in [0.25, 0.3) is 11.1 Å². The summed E-state index contributed by atoms with van der Waals surface area (Å²) in [6.45, 7) is 9.01. The van der Waals surface area contributed by atoms with Crippen LogP contribution in [0.15, 0.2) is 72.8 Å². The standard InChI is InChI=1S/C13H9.C9H13.C3H6.2ClH.Zr/c1-3-7-12-10(5-1)9-11-6-2-4-8-13(11)12;1-9(2,3)8-6-4-5-7-8;1-3-2;;;/h1-9H;4-7H,1-3H3;1H,3H2,2H3;2*1H;/q;;;;;+2/p-2. The van der Waals surface area contributed by atoms with Crippen molar-refractivity contribution in [2.75, 3.05) is 0 Å². The van der Waals surface area contributed by atoms with Crippen molar-refractivity contribution in [3.05, 3.63) is 84.0 Å². The molecule has 146 valence electrons. The molecule has 0 saturated carbocycles. The zero-order valence-corrected chi connectivity index (χ0v) is 21.0. The van der Waals surface area contributed by atoms with Crippen LogP contribution in [0.4, 0.5) is 0 Å². The van der Waals surface area contributed by atoms with Gasteiger partial charge in [0.05, 0.1) is 0 Å². The maximum atomic E-state index is 8.02. The summed E-state index contributed by atoms with van der Waals surface area (Å²) >= 11 is -4.73. The maximum absolute atomic E-state index is 8.02. The van der Waals surface area contributed by atoms with Gasteiger partial charge in [-0.3, -0.25) is 0 Å². The van der Waals surface area contributed by atoms with E-state index in [1.54, 1.807) is 0 Å². The number of hydrogen-bond donors (Lipinski definition) is 0. The fraction of sp³-hybridized carbons (Fsp3) is 0.320. The van der Waals surface area contributed by atoms with Gasteiger partial charge in [-0.25, -0.2) is 0 Å². The van der Waals surface area contributed by atoms with E-state index >= 15 is 0 Å². The number of hydrogen-bond acceptors (Lipinski definition) is 0. The summed E-state index contributed by atoms with van der Waals surface area (Å²) in [5.74, 6) is 0. The summed E-state index contributed by atoms with van der Waals surface area (Å²) in [5.41, 5.74) is 5.06. The number of rotatable bonds is 3. The Morgan fingerprint density at radius 3 is 1.79 bits per heavy atom. The fourth-order valence-corrected chi connectivity index (χ4v) is 29.1. The Bertz CT molecular complexity index is 1000. The molecule has 2 aromatic carbocycles. The predicted octanol–water partition coefficient (Wildman–Crippen LogP) is 8.30. The van der Waals surface area contributed by atoms with Gasteiger partial charge >= 0.3 is 178 Å². The molecule has 0 saturated heterocycles. The molecule has 0 atom stereocenters. The third-order valence-electron chi connectivity index (χ3n) is 6.80. The fourth-order valence-electron chi connectivity index (χ4n) is 5.63. The van der Waals surface area contributed by atoms with E-state index in [0.29, 0.717) is 0 Å². The summed E-state index contributed by atoms with van der Waals surface area (Å²) in [6, 6.07) is 17.4. The van der Waals surface area contributed by atoms with Crippen LogP contribution in [0.1, 0.15) is 48.9 Å². The molecule has 0 radical (unpaired) electrons. The molecule has 3 heteroatoms. The van der Waals surface area contributed by atoms with Gasteiger partial charge in [-0.05, 0) is 0 Å². The Morgan fingerprint density at radius 2 is 1.36 bits per heavy atom. The summed E-state index contributed by atoms with van der Waals surface area (Å²) in [7, 11) is 16.0. The summed E-state index contributed by atoms with van der Waals surface area (Å²) in [4.78, 5) is 0. The van der Waals surface area contributed by atoms with Crippen molar-refractivity contribution in [2.45, 2.75) is 40.9 Å². The number of allylic oxidation sites excluding steroid dienone is 4. The van der Waals surface area contributed by atoms with E-state index in [-0.39, 0.29) is 12.2 Å². The van der Waals surface area contributed by atoms with Crippen molar-refractivity contribution in [3.63, 3.8) is 0 Å². The average Bonchev–Trinajstić information content (AvgIpc) is 3.26. The van der Waals surface area contributed by atoms with Crippen LogP contribution in [0.5, 0.6) is 0 Å². The Morgan fingerprint density at radius 1 is 0.893 bits per heavy atom. The Hall–Kier alpha value is -0.747. The Balaban J connectivity index is 2.15. The molecule has 4 rings (SSSR count). The van der Waals surface area contributed by atoms with Crippen molar-refractivity contribution in [3.8, 4) is 11.1 Å². The Labute approximate surface area is 177 Å². The van der Waals surface area contributed by atoms with E-state index in [0.717, 1.165) is 6.42 Å². The second-order valence-corrected chi connectivity index (χ2v) is 30.1. The van der Waals surface area contributed by atoms with Crippen LogP contribution in [-0.4, -0.2) is 3.71 Å². The number of fused-ring (bicyclic) bond motifs is 3. The molecule has 0 heterocycles. The molecule has 0 amide bonds. The number of benzene rings is 2. The second kappa shape index (κ2) is 6.63. The summed E-state index contributed by atoms with van der Waals surface area (Å²) < 4.78 is 2.05. The first-order chi connectivity index (χ1) is 13.2. The Kier molecular flexibility index (Phi) is 4.86. The minimum absolute atomic E-state index is 0.0451. The van der Waals surface area contributed by atoms with E-state index in [1.807, 2.05) is 0 Å². The zero-order valence-electron chi connectivity index (χ0n) is 17.0. The van der Waals surface area contributed by atoms with Gasteiger partial charge in [0.1, 0.15) is 0 Å². The van der Waals surface area contributed by atoms with Crippen molar-refractivity contribution in [1.29, 1.82) is 0 Å². The van der Waals surface area contributed by atoms with Crippen LogP contribution in [0.3, 0.4) is 0 Å². The van der Waals surface area contributed by atoms with Crippen molar-refractivity contribution in [1.82, 2.24) is 0 Å². The topological polar surface area (TPSA) is 0 Å². The summed E-state index contributed by atoms with van der Waals surface area (Å²) in [5, 5.41) is 0. The molecule has 2 aromatic rings. The third-order valence-corrected chi connectivity index (χ3v) is 28.4. The average molecular weight is 491 g/mol. The van der Waals surface area contributed by atoms with E-state index in [9.17, 15) is 0 Å². The molecule has 0 bridgehead atoms. The molecular weight excluding hydrogens is 462 g/mol. The number of halogens is 2. The van der Waals surface area contributed by atoms with Gasteiger partial charge in [0.15, 0.2) is 0 Å².